The summed E-state index contributed by atoms with van der Waals surface area (Å²) in [6.07, 6.45) is 3.89. The molecule has 1 aliphatic heterocycles. The van der Waals surface area contributed by atoms with Gasteiger partial charge in [-0.2, -0.15) is 0 Å². The van der Waals surface area contributed by atoms with Crippen molar-refractivity contribution in [3.05, 3.63) is 83.8 Å². The quantitative estimate of drug-likeness (QED) is 0.262. The second-order valence-electron chi connectivity index (χ2n) is 10.2. The van der Waals surface area contributed by atoms with Gasteiger partial charge in [0.1, 0.15) is 18.0 Å². The molecule has 1 amide bonds. The molecule has 226 valence electrons. The van der Waals surface area contributed by atoms with Crippen LogP contribution in [0.3, 0.4) is 0 Å². The molecule has 44 heavy (non-hydrogen) atoms. The molecule has 0 unspecified atom stereocenters. The number of nitrogens with one attached hydrogen (secondary N) is 2. The Hall–Kier alpha value is -4.53. The first kappa shape index (κ1) is 29.5. The van der Waals surface area contributed by atoms with Crippen molar-refractivity contribution in [2.45, 2.75) is 30.7 Å². The van der Waals surface area contributed by atoms with E-state index in [1.54, 1.807) is 24.4 Å². The second-order valence-corrected chi connectivity index (χ2v) is 12.3. The van der Waals surface area contributed by atoms with Crippen LogP contribution < -0.4 is 14.9 Å². The van der Waals surface area contributed by atoms with Gasteiger partial charge in [0, 0.05) is 31.6 Å². The van der Waals surface area contributed by atoms with E-state index in [2.05, 4.69) is 25.0 Å². The Morgan fingerprint density at radius 3 is 2.45 bits per heavy atom. The molecule has 6 rings (SSSR count). The van der Waals surface area contributed by atoms with Crippen molar-refractivity contribution in [1.29, 1.82) is 0 Å². The number of fused-ring (bicyclic) bond motifs is 1. The van der Waals surface area contributed by atoms with Crippen molar-refractivity contribution in [3.8, 4) is 17.1 Å². The minimum absolute atomic E-state index is 0.242. The number of amides is 1. The molecule has 15 heteroatoms. The summed E-state index contributed by atoms with van der Waals surface area (Å²) in [7, 11) is -4.05. The van der Waals surface area contributed by atoms with Crippen LogP contribution >= 0.6 is 11.6 Å². The molecule has 0 spiro atoms. The zero-order chi connectivity index (χ0) is 31.0. The van der Waals surface area contributed by atoms with Crippen LogP contribution in [0.4, 0.5) is 20.4 Å². The van der Waals surface area contributed by atoms with Crippen LogP contribution in [0.15, 0.2) is 72.0 Å². The largest absolute Gasteiger partial charge is 0.355 e. The van der Waals surface area contributed by atoms with Gasteiger partial charge >= 0.3 is 0 Å². The number of carbonyl (C=O) groups is 1. The highest BCUT2D eigenvalue weighted by molar-refractivity contribution is 7.89. The fraction of sp³-hybridized carbons (Fsp3) is 0.207. The summed E-state index contributed by atoms with van der Waals surface area (Å²) in [5.41, 5.74) is 2.30. The summed E-state index contributed by atoms with van der Waals surface area (Å²) in [5, 5.41) is 3.13. The number of benzene rings is 2. The predicted molar refractivity (Wildman–Crippen MR) is 161 cm³/mol. The number of hydrogen-bond donors (Lipinski definition) is 2. The van der Waals surface area contributed by atoms with Crippen molar-refractivity contribution >= 4 is 50.3 Å². The third kappa shape index (κ3) is 5.83. The molecule has 11 nitrogen and oxygen atoms in total. The van der Waals surface area contributed by atoms with E-state index in [9.17, 15) is 22.0 Å². The fourth-order valence-electron chi connectivity index (χ4n) is 5.09. The number of sulfonamides is 1. The molecule has 0 bridgehead atoms. The summed E-state index contributed by atoms with van der Waals surface area (Å²) in [6.45, 7) is 2.29. The van der Waals surface area contributed by atoms with Gasteiger partial charge in [0.2, 0.25) is 15.9 Å². The molecule has 1 saturated heterocycles. The summed E-state index contributed by atoms with van der Waals surface area (Å²) in [5.74, 6) is -1.13. The molecule has 2 N–H and O–H groups in total. The van der Waals surface area contributed by atoms with Gasteiger partial charge in [-0.25, -0.2) is 41.9 Å². The van der Waals surface area contributed by atoms with E-state index in [-0.39, 0.29) is 10.8 Å². The van der Waals surface area contributed by atoms with E-state index in [1.165, 1.54) is 13.3 Å². The summed E-state index contributed by atoms with van der Waals surface area (Å²) >= 11 is 6.59. The lowest BCUT2D eigenvalue weighted by molar-refractivity contribution is -0.114. The maximum Gasteiger partial charge on any atom is 0.240 e. The molecule has 4 heterocycles. The van der Waals surface area contributed by atoms with Gasteiger partial charge < -0.3 is 10.2 Å². The highest BCUT2D eigenvalue weighted by atomic mass is 35.5. The Labute approximate surface area is 256 Å². The van der Waals surface area contributed by atoms with E-state index in [1.807, 2.05) is 27.7 Å². The van der Waals surface area contributed by atoms with Gasteiger partial charge in [0.05, 0.1) is 21.8 Å². The first-order valence-electron chi connectivity index (χ1n) is 13.6. The maximum absolute atomic E-state index is 13.7. The van der Waals surface area contributed by atoms with Crippen molar-refractivity contribution < 1.29 is 22.0 Å². The van der Waals surface area contributed by atoms with Crippen molar-refractivity contribution in [1.82, 2.24) is 29.2 Å². The SMILES string of the molecule is CC(=O)Nc1ccc(-n2c(-c3ccccc3Cl)nc3c(N4CCC(NS(=O)(=O)c5ccc(F)c(F)c5)CC4)ncnc32)cn1. The van der Waals surface area contributed by atoms with Crippen molar-refractivity contribution in [2.75, 3.05) is 23.3 Å². The van der Waals surface area contributed by atoms with Crippen LogP contribution in [0.1, 0.15) is 19.8 Å². The topological polar surface area (TPSA) is 135 Å². The third-order valence-corrected chi connectivity index (χ3v) is 9.02. The van der Waals surface area contributed by atoms with Gasteiger partial charge in [-0.15, -0.1) is 0 Å². The Balaban J connectivity index is 1.31. The average Bonchev–Trinajstić information content (AvgIpc) is 3.38. The van der Waals surface area contributed by atoms with Crippen LogP contribution in [0, 0.1) is 11.6 Å². The van der Waals surface area contributed by atoms with Gasteiger partial charge in [-0.1, -0.05) is 23.7 Å². The van der Waals surface area contributed by atoms with Crippen LogP contribution in [0.25, 0.3) is 28.2 Å². The van der Waals surface area contributed by atoms with Crippen LogP contribution in [-0.4, -0.2) is 58.0 Å². The summed E-state index contributed by atoms with van der Waals surface area (Å²) < 4.78 is 57.0. The molecule has 0 saturated carbocycles. The number of rotatable bonds is 7. The van der Waals surface area contributed by atoms with E-state index in [0.29, 0.717) is 76.9 Å². The lowest BCUT2D eigenvalue weighted by Crippen LogP contribution is -2.45. The number of anilines is 2. The van der Waals surface area contributed by atoms with E-state index >= 15 is 0 Å². The number of carbonyl (C=O) groups excluding carboxylic acids is 1. The van der Waals surface area contributed by atoms with Crippen LogP contribution in [0.2, 0.25) is 5.02 Å². The fourth-order valence-corrected chi connectivity index (χ4v) is 6.63. The Kier molecular flexibility index (Phi) is 7.97. The normalized spacial score (nSPS) is 14.2. The molecule has 0 radical (unpaired) electrons. The highest BCUT2D eigenvalue weighted by Crippen LogP contribution is 2.35. The van der Waals surface area contributed by atoms with Gasteiger partial charge in [0.15, 0.2) is 28.6 Å². The number of nitrogens with zero attached hydrogens (tertiary/aromatic N) is 6. The lowest BCUT2D eigenvalue weighted by Gasteiger charge is -2.33. The second kappa shape index (κ2) is 11.9. The van der Waals surface area contributed by atoms with Crippen LogP contribution in [0.5, 0.6) is 0 Å². The van der Waals surface area contributed by atoms with E-state index < -0.39 is 27.7 Å². The first-order chi connectivity index (χ1) is 21.1. The summed E-state index contributed by atoms with van der Waals surface area (Å²) in [4.78, 5) is 31.5. The number of imidazole rings is 1. The number of pyridine rings is 1. The predicted octanol–water partition coefficient (Wildman–Crippen LogP) is 4.71. The number of hydrogen-bond acceptors (Lipinski definition) is 8. The lowest BCUT2D eigenvalue weighted by atomic mass is 10.1. The Bertz CT molecular complexity index is 1980. The van der Waals surface area contributed by atoms with Gasteiger partial charge in [0.25, 0.3) is 0 Å². The van der Waals surface area contributed by atoms with E-state index in [4.69, 9.17) is 16.6 Å². The molecule has 0 aliphatic carbocycles. The number of halogens is 3. The molecule has 3 aromatic heterocycles. The molecule has 2 aromatic carbocycles. The third-order valence-electron chi connectivity index (χ3n) is 7.17. The molecule has 1 fully saturated rings. The minimum atomic E-state index is -4.05. The molecule has 5 aromatic rings. The monoisotopic (exact) mass is 638 g/mol. The standard InChI is InChI=1S/C29H25ClF2N8O3S/c1-17(41)36-25-9-6-19(15-33-25)40-27(21-4-2-3-5-22(21)30)37-26-28(34-16-35-29(26)40)39-12-10-18(11-13-39)38-44(42,43)20-7-8-23(31)24(32)14-20/h2-9,14-16,18,38H,10-13H2,1H3,(H,33,36,41). The number of aromatic nitrogens is 5. The van der Waals surface area contributed by atoms with Gasteiger partial charge in [-0.05, 0) is 55.3 Å². The van der Waals surface area contributed by atoms with E-state index in [0.717, 1.165) is 12.1 Å². The Morgan fingerprint density at radius 2 is 1.77 bits per heavy atom. The van der Waals surface area contributed by atoms with Crippen molar-refractivity contribution in [2.24, 2.45) is 0 Å². The average molecular weight is 639 g/mol. The molecule has 1 aliphatic rings. The zero-order valence-electron chi connectivity index (χ0n) is 23.2. The smallest absolute Gasteiger partial charge is 0.240 e. The number of piperidine rings is 1. The molecular formula is C29H25ClF2N8O3S. The maximum atomic E-state index is 13.7. The minimum Gasteiger partial charge on any atom is -0.355 e. The van der Waals surface area contributed by atoms with Crippen LogP contribution in [-0.2, 0) is 14.8 Å². The molecule has 0 atom stereocenters. The highest BCUT2D eigenvalue weighted by Gasteiger charge is 2.28. The Morgan fingerprint density at radius 1 is 1.00 bits per heavy atom. The first-order valence-corrected chi connectivity index (χ1v) is 15.4. The van der Waals surface area contributed by atoms with Crippen molar-refractivity contribution in [3.63, 3.8) is 0 Å². The molecular weight excluding hydrogens is 614 g/mol. The summed E-state index contributed by atoms with van der Waals surface area (Å²) in [6, 6.07) is 12.8. The zero-order valence-corrected chi connectivity index (χ0v) is 24.8. The van der Waals surface area contributed by atoms with Gasteiger partial charge in [-0.3, -0.25) is 9.36 Å².